The summed E-state index contributed by atoms with van der Waals surface area (Å²) in [7, 11) is -1.03. The number of hydrogen-bond donors (Lipinski definition) is 0. The Kier molecular flexibility index (Phi) is 16.4. The first kappa shape index (κ1) is 23.2. The van der Waals surface area contributed by atoms with Gasteiger partial charge < -0.3 is 0 Å². The minimum absolute atomic E-state index is 0. The third kappa shape index (κ3) is 10.3. The van der Waals surface area contributed by atoms with Gasteiger partial charge in [0.2, 0.25) is 0 Å². The second kappa shape index (κ2) is 14.8. The summed E-state index contributed by atoms with van der Waals surface area (Å²) < 4.78 is 5.19. The van der Waals surface area contributed by atoms with Crippen molar-refractivity contribution in [1.29, 1.82) is 0 Å². The standard InChI is InChI=1S/C14H26NP.C4H6.Ti/c1-4-11-16(12-5-2,13-6-3)15-14-9-7-8-10-14;1-3-4-2;/h7-9H,4-6,10-13H2,1-3H3;3-4H,1-2H2;. The van der Waals surface area contributed by atoms with Crippen LogP contribution in [0.25, 0.3) is 0 Å². The van der Waals surface area contributed by atoms with Crippen molar-refractivity contribution in [3.05, 3.63) is 49.2 Å². The van der Waals surface area contributed by atoms with Crippen molar-refractivity contribution in [3.8, 4) is 0 Å². The van der Waals surface area contributed by atoms with E-state index in [2.05, 4.69) is 52.2 Å². The third-order valence-electron chi connectivity index (χ3n) is 3.18. The van der Waals surface area contributed by atoms with Crippen LogP contribution in [0.1, 0.15) is 46.5 Å². The van der Waals surface area contributed by atoms with E-state index in [-0.39, 0.29) is 21.7 Å². The average Bonchev–Trinajstić information content (AvgIpc) is 2.92. The van der Waals surface area contributed by atoms with Crippen LogP contribution in [0, 0.1) is 0 Å². The van der Waals surface area contributed by atoms with Gasteiger partial charge in [-0.25, -0.2) is 0 Å². The van der Waals surface area contributed by atoms with Crippen molar-refractivity contribution in [2.24, 2.45) is 4.74 Å². The van der Waals surface area contributed by atoms with Crippen LogP contribution in [0.15, 0.2) is 54.0 Å². The predicted octanol–water partition coefficient (Wildman–Crippen LogP) is 6.62. The molecule has 0 heterocycles. The molecule has 0 aromatic rings. The Hall–Kier alpha value is -0.0957. The number of hydrogen-bond acceptors (Lipinski definition) is 1. The molecule has 0 bridgehead atoms. The molecule has 21 heavy (non-hydrogen) atoms. The Balaban J connectivity index is 0. The Morgan fingerprint density at radius 2 is 1.52 bits per heavy atom. The molecular weight excluding hydrogens is 309 g/mol. The van der Waals surface area contributed by atoms with Crippen molar-refractivity contribution in [3.63, 3.8) is 0 Å². The fourth-order valence-electron chi connectivity index (χ4n) is 2.52. The number of rotatable bonds is 8. The van der Waals surface area contributed by atoms with Crippen LogP contribution in [0.3, 0.4) is 0 Å². The molecule has 0 aromatic carbocycles. The van der Waals surface area contributed by atoms with E-state index < -0.39 is 7.05 Å². The van der Waals surface area contributed by atoms with Gasteiger partial charge in [0.15, 0.2) is 0 Å². The number of allylic oxidation sites excluding steroid dienone is 5. The molecular formula is C18H32NPTi. The monoisotopic (exact) mass is 341 g/mol. The minimum Gasteiger partial charge on any atom is -0.272 e. The molecule has 0 saturated carbocycles. The molecule has 0 atom stereocenters. The van der Waals surface area contributed by atoms with Crippen molar-refractivity contribution >= 4 is 7.05 Å². The SMILES string of the molecule is C=CC=C.CCCP(CCC)(CCC)=NC1=CC=CC1.[Ti]. The Labute approximate surface area is 147 Å². The molecule has 1 aliphatic carbocycles. The van der Waals surface area contributed by atoms with Gasteiger partial charge in [0.25, 0.3) is 0 Å². The van der Waals surface area contributed by atoms with E-state index in [9.17, 15) is 0 Å². The van der Waals surface area contributed by atoms with Crippen LogP contribution in [0.4, 0.5) is 0 Å². The zero-order valence-corrected chi connectivity index (χ0v) is 16.6. The largest absolute Gasteiger partial charge is 0.272 e. The minimum atomic E-state index is -1.03. The summed E-state index contributed by atoms with van der Waals surface area (Å²) in [6.45, 7) is 13.6. The van der Waals surface area contributed by atoms with E-state index in [0.29, 0.717) is 0 Å². The van der Waals surface area contributed by atoms with Gasteiger partial charge >= 0.3 is 0 Å². The summed E-state index contributed by atoms with van der Waals surface area (Å²) in [6, 6.07) is 0. The van der Waals surface area contributed by atoms with E-state index in [4.69, 9.17) is 4.74 Å². The zero-order chi connectivity index (χ0) is 15.3. The van der Waals surface area contributed by atoms with E-state index in [0.717, 1.165) is 6.42 Å². The Bertz CT molecular complexity index is 364. The van der Waals surface area contributed by atoms with Crippen LogP contribution in [0.2, 0.25) is 0 Å². The first-order valence-corrected chi connectivity index (χ1v) is 10.2. The summed E-state index contributed by atoms with van der Waals surface area (Å²) in [5.41, 5.74) is 1.34. The van der Waals surface area contributed by atoms with Crippen molar-refractivity contribution in [1.82, 2.24) is 0 Å². The topological polar surface area (TPSA) is 12.4 Å². The van der Waals surface area contributed by atoms with Gasteiger partial charge in [0.05, 0.1) is 0 Å². The number of nitrogens with zero attached hydrogens (tertiary/aromatic N) is 1. The van der Waals surface area contributed by atoms with Gasteiger partial charge in [0, 0.05) is 33.8 Å². The maximum absolute atomic E-state index is 5.19. The molecule has 1 nitrogen and oxygen atoms in total. The van der Waals surface area contributed by atoms with E-state index in [1.807, 2.05) is 0 Å². The fourth-order valence-corrected chi connectivity index (χ4v) is 6.68. The summed E-state index contributed by atoms with van der Waals surface area (Å²) in [6.07, 6.45) is 18.8. The zero-order valence-electron chi connectivity index (χ0n) is 14.1. The van der Waals surface area contributed by atoms with Gasteiger partial charge in [-0.1, -0.05) is 77.5 Å². The van der Waals surface area contributed by atoms with E-state index in [1.54, 1.807) is 12.2 Å². The molecule has 3 heteroatoms. The quantitative estimate of drug-likeness (QED) is 0.267. The second-order valence-electron chi connectivity index (χ2n) is 5.13. The maximum atomic E-state index is 5.19. The summed E-state index contributed by atoms with van der Waals surface area (Å²) >= 11 is 0. The molecule has 1 aliphatic rings. The van der Waals surface area contributed by atoms with Gasteiger partial charge in [-0.15, -0.1) is 0 Å². The summed E-state index contributed by atoms with van der Waals surface area (Å²) in [4.78, 5) is 0. The molecule has 1 rings (SSSR count). The smallest absolute Gasteiger partial charge is 0.0425 e. The van der Waals surface area contributed by atoms with Crippen LogP contribution in [0.5, 0.6) is 0 Å². The predicted molar refractivity (Wildman–Crippen MR) is 97.1 cm³/mol. The third-order valence-corrected chi connectivity index (χ3v) is 7.70. The van der Waals surface area contributed by atoms with Gasteiger partial charge in [0.1, 0.15) is 0 Å². The normalized spacial score (nSPS) is 12.6. The first-order valence-electron chi connectivity index (χ1n) is 7.86. The molecule has 0 N–H and O–H groups in total. The average molecular weight is 341 g/mol. The molecule has 0 fully saturated rings. The van der Waals surface area contributed by atoms with Gasteiger partial charge in [-0.3, -0.25) is 4.74 Å². The van der Waals surface area contributed by atoms with Crippen LogP contribution < -0.4 is 0 Å². The van der Waals surface area contributed by atoms with Crippen molar-refractivity contribution in [2.45, 2.75) is 46.5 Å². The molecule has 118 valence electrons. The second-order valence-corrected chi connectivity index (χ2v) is 8.86. The Morgan fingerprint density at radius 3 is 1.81 bits per heavy atom. The molecule has 0 aromatic heterocycles. The van der Waals surface area contributed by atoms with Crippen LogP contribution in [-0.2, 0) is 21.7 Å². The first-order chi connectivity index (χ1) is 9.67. The summed E-state index contributed by atoms with van der Waals surface area (Å²) in [5.74, 6) is 0. The molecule has 0 radical (unpaired) electrons. The molecule has 0 amide bonds. The van der Waals surface area contributed by atoms with Crippen LogP contribution >= 0.6 is 7.05 Å². The van der Waals surface area contributed by atoms with Crippen LogP contribution in [-0.4, -0.2) is 18.5 Å². The van der Waals surface area contributed by atoms with Gasteiger partial charge in [-0.2, -0.15) is 0 Å². The van der Waals surface area contributed by atoms with E-state index in [1.165, 1.54) is 43.4 Å². The Morgan fingerprint density at radius 1 is 1.05 bits per heavy atom. The van der Waals surface area contributed by atoms with E-state index >= 15 is 0 Å². The van der Waals surface area contributed by atoms with Crippen molar-refractivity contribution in [2.75, 3.05) is 18.5 Å². The molecule has 0 saturated heterocycles. The molecule has 0 spiro atoms. The summed E-state index contributed by atoms with van der Waals surface area (Å²) in [5, 5.41) is 0. The van der Waals surface area contributed by atoms with Gasteiger partial charge in [-0.05, 0) is 31.6 Å². The molecule has 0 aliphatic heterocycles. The maximum Gasteiger partial charge on any atom is 0.0425 e. The van der Waals surface area contributed by atoms with Crippen molar-refractivity contribution < 1.29 is 21.7 Å². The molecule has 0 unspecified atom stereocenters. The fraction of sp³-hybridized carbons (Fsp3) is 0.556.